The minimum absolute atomic E-state index is 0.108. The average Bonchev–Trinajstić information content (AvgIpc) is 2.36. The molecule has 4 N–H and O–H groups in total. The zero-order valence-corrected chi connectivity index (χ0v) is 11.1. The van der Waals surface area contributed by atoms with Crippen LogP contribution in [0, 0.1) is 0 Å². The molecule has 0 saturated carbocycles. The smallest absolute Gasteiger partial charge is 0.270 e. The zero-order chi connectivity index (χ0) is 13.5. The summed E-state index contributed by atoms with van der Waals surface area (Å²) in [5.41, 5.74) is 3.52. The summed E-state index contributed by atoms with van der Waals surface area (Å²) < 4.78 is 0. The molecule has 1 heterocycles. The fraction of sp³-hybridized carbons (Fsp3) is 0.500. The second-order valence-electron chi connectivity index (χ2n) is 4.54. The SMILES string of the molecule is CC(CCN(C)C)NC(=O)c1cc(NN)ccn1. The Kier molecular flexibility index (Phi) is 5.54. The van der Waals surface area contributed by atoms with E-state index in [4.69, 9.17) is 5.84 Å². The number of anilines is 1. The van der Waals surface area contributed by atoms with E-state index in [2.05, 4.69) is 20.6 Å². The van der Waals surface area contributed by atoms with Crippen molar-refractivity contribution in [1.29, 1.82) is 0 Å². The van der Waals surface area contributed by atoms with Crippen molar-refractivity contribution in [3.63, 3.8) is 0 Å². The Morgan fingerprint density at radius 2 is 2.28 bits per heavy atom. The van der Waals surface area contributed by atoms with Crippen LogP contribution in [0.2, 0.25) is 0 Å². The molecular formula is C12H21N5O. The van der Waals surface area contributed by atoms with Gasteiger partial charge in [0.1, 0.15) is 5.69 Å². The minimum Gasteiger partial charge on any atom is -0.348 e. The van der Waals surface area contributed by atoms with Crippen LogP contribution in [0.5, 0.6) is 0 Å². The van der Waals surface area contributed by atoms with Gasteiger partial charge in [0.2, 0.25) is 0 Å². The standard InChI is InChI=1S/C12H21N5O/c1-9(5-7-17(2)3)15-12(18)11-8-10(16-13)4-6-14-11/h4,6,8-9H,5,7,13H2,1-3H3,(H,14,16)(H,15,18). The molecule has 0 aliphatic carbocycles. The van der Waals surface area contributed by atoms with E-state index in [1.54, 1.807) is 18.3 Å². The van der Waals surface area contributed by atoms with Gasteiger partial charge in [0, 0.05) is 12.2 Å². The predicted octanol–water partition coefficient (Wildman–Crippen LogP) is 0.437. The molecule has 1 unspecified atom stereocenters. The monoisotopic (exact) mass is 251 g/mol. The highest BCUT2D eigenvalue weighted by atomic mass is 16.1. The Bertz CT molecular complexity index is 394. The molecule has 1 amide bonds. The van der Waals surface area contributed by atoms with E-state index in [-0.39, 0.29) is 11.9 Å². The van der Waals surface area contributed by atoms with E-state index >= 15 is 0 Å². The first-order valence-electron chi connectivity index (χ1n) is 5.91. The number of carbonyl (C=O) groups is 1. The molecule has 1 rings (SSSR count). The van der Waals surface area contributed by atoms with Gasteiger partial charge < -0.3 is 15.6 Å². The van der Waals surface area contributed by atoms with Crippen molar-refractivity contribution in [3.05, 3.63) is 24.0 Å². The maximum absolute atomic E-state index is 11.9. The molecule has 0 aliphatic rings. The molecule has 0 aromatic carbocycles. The third-order valence-electron chi connectivity index (χ3n) is 2.55. The van der Waals surface area contributed by atoms with E-state index in [1.807, 2.05) is 21.0 Å². The number of aromatic nitrogens is 1. The molecular weight excluding hydrogens is 230 g/mol. The van der Waals surface area contributed by atoms with Gasteiger partial charge in [-0.15, -0.1) is 0 Å². The van der Waals surface area contributed by atoms with Crippen molar-refractivity contribution in [2.24, 2.45) is 5.84 Å². The number of nitrogen functional groups attached to an aromatic ring is 1. The van der Waals surface area contributed by atoms with Gasteiger partial charge in [-0.25, -0.2) is 0 Å². The number of rotatable bonds is 6. The Labute approximate surface area is 108 Å². The Morgan fingerprint density at radius 3 is 2.89 bits per heavy atom. The van der Waals surface area contributed by atoms with E-state index in [1.165, 1.54) is 0 Å². The molecule has 6 heteroatoms. The number of amides is 1. The number of nitrogens with two attached hydrogens (primary N) is 1. The number of pyridine rings is 1. The number of hydrazine groups is 1. The zero-order valence-electron chi connectivity index (χ0n) is 11.1. The van der Waals surface area contributed by atoms with Gasteiger partial charge in [0.05, 0.1) is 5.69 Å². The van der Waals surface area contributed by atoms with Crippen molar-refractivity contribution in [1.82, 2.24) is 15.2 Å². The van der Waals surface area contributed by atoms with E-state index < -0.39 is 0 Å². The van der Waals surface area contributed by atoms with Gasteiger partial charge in [-0.2, -0.15) is 0 Å². The first kappa shape index (κ1) is 14.4. The maximum atomic E-state index is 11.9. The first-order chi connectivity index (χ1) is 8.52. The Balaban J connectivity index is 2.53. The highest BCUT2D eigenvalue weighted by molar-refractivity contribution is 5.93. The van der Waals surface area contributed by atoms with Gasteiger partial charge in [0.15, 0.2) is 0 Å². The second kappa shape index (κ2) is 6.93. The van der Waals surface area contributed by atoms with Crippen LogP contribution in [0.1, 0.15) is 23.8 Å². The van der Waals surface area contributed by atoms with Gasteiger partial charge in [-0.05, 0) is 46.1 Å². The summed E-state index contributed by atoms with van der Waals surface area (Å²) in [5, 5.41) is 2.91. The molecule has 0 aliphatic heterocycles. The lowest BCUT2D eigenvalue weighted by Gasteiger charge is -2.16. The normalized spacial score (nSPS) is 12.3. The van der Waals surface area contributed by atoms with Crippen LogP contribution < -0.4 is 16.6 Å². The van der Waals surface area contributed by atoms with Crippen LogP contribution >= 0.6 is 0 Å². The van der Waals surface area contributed by atoms with E-state index in [9.17, 15) is 4.79 Å². The van der Waals surface area contributed by atoms with Crippen LogP contribution in [0.3, 0.4) is 0 Å². The lowest BCUT2D eigenvalue weighted by Crippen LogP contribution is -2.35. The van der Waals surface area contributed by atoms with Crippen molar-refractivity contribution >= 4 is 11.6 Å². The largest absolute Gasteiger partial charge is 0.348 e. The third kappa shape index (κ3) is 4.68. The van der Waals surface area contributed by atoms with Crippen LogP contribution in [0.25, 0.3) is 0 Å². The van der Waals surface area contributed by atoms with Crippen molar-refractivity contribution in [2.45, 2.75) is 19.4 Å². The predicted molar refractivity (Wildman–Crippen MR) is 72.1 cm³/mol. The van der Waals surface area contributed by atoms with Crippen LogP contribution in [0.4, 0.5) is 5.69 Å². The molecule has 0 spiro atoms. The number of nitrogens with one attached hydrogen (secondary N) is 2. The molecule has 0 bridgehead atoms. The van der Waals surface area contributed by atoms with Crippen LogP contribution in [-0.2, 0) is 0 Å². The van der Waals surface area contributed by atoms with Crippen LogP contribution in [0.15, 0.2) is 18.3 Å². The highest BCUT2D eigenvalue weighted by Crippen LogP contribution is 2.06. The fourth-order valence-electron chi connectivity index (χ4n) is 1.47. The van der Waals surface area contributed by atoms with E-state index in [0.717, 1.165) is 13.0 Å². The summed E-state index contributed by atoms with van der Waals surface area (Å²) in [5.74, 6) is 5.10. The van der Waals surface area contributed by atoms with Crippen LogP contribution in [-0.4, -0.2) is 42.5 Å². The molecule has 18 heavy (non-hydrogen) atoms. The molecule has 0 fully saturated rings. The lowest BCUT2D eigenvalue weighted by atomic mass is 10.2. The molecule has 0 saturated heterocycles. The molecule has 1 aromatic rings. The number of hydrogen-bond donors (Lipinski definition) is 3. The van der Waals surface area contributed by atoms with Crippen molar-refractivity contribution < 1.29 is 4.79 Å². The first-order valence-corrected chi connectivity index (χ1v) is 5.91. The second-order valence-corrected chi connectivity index (χ2v) is 4.54. The van der Waals surface area contributed by atoms with Gasteiger partial charge in [0.25, 0.3) is 5.91 Å². The average molecular weight is 251 g/mol. The number of hydrogen-bond acceptors (Lipinski definition) is 5. The lowest BCUT2D eigenvalue weighted by molar-refractivity contribution is 0.0932. The summed E-state index contributed by atoms with van der Waals surface area (Å²) in [6, 6.07) is 3.43. The minimum atomic E-state index is -0.182. The summed E-state index contributed by atoms with van der Waals surface area (Å²) in [7, 11) is 4.01. The quantitative estimate of drug-likeness (QED) is 0.504. The number of carbonyl (C=O) groups excluding carboxylic acids is 1. The maximum Gasteiger partial charge on any atom is 0.270 e. The van der Waals surface area contributed by atoms with E-state index in [0.29, 0.717) is 11.4 Å². The Hall–Kier alpha value is -1.66. The highest BCUT2D eigenvalue weighted by Gasteiger charge is 2.11. The summed E-state index contributed by atoms with van der Waals surface area (Å²) >= 11 is 0. The topological polar surface area (TPSA) is 83.3 Å². The molecule has 100 valence electrons. The summed E-state index contributed by atoms with van der Waals surface area (Å²) in [4.78, 5) is 18.0. The molecule has 0 radical (unpaired) electrons. The third-order valence-corrected chi connectivity index (χ3v) is 2.55. The number of nitrogens with zero attached hydrogens (tertiary/aromatic N) is 2. The summed E-state index contributed by atoms with van der Waals surface area (Å²) in [6.07, 6.45) is 2.45. The van der Waals surface area contributed by atoms with Crippen molar-refractivity contribution in [2.75, 3.05) is 26.1 Å². The van der Waals surface area contributed by atoms with Gasteiger partial charge in [-0.3, -0.25) is 15.6 Å². The fourth-order valence-corrected chi connectivity index (χ4v) is 1.47. The molecule has 6 nitrogen and oxygen atoms in total. The van der Waals surface area contributed by atoms with Gasteiger partial charge >= 0.3 is 0 Å². The van der Waals surface area contributed by atoms with Crippen molar-refractivity contribution in [3.8, 4) is 0 Å². The molecule has 1 aromatic heterocycles. The van der Waals surface area contributed by atoms with Gasteiger partial charge in [-0.1, -0.05) is 0 Å². The Morgan fingerprint density at radius 1 is 1.56 bits per heavy atom. The summed E-state index contributed by atoms with van der Waals surface area (Å²) in [6.45, 7) is 2.91. The molecule has 1 atom stereocenters.